The van der Waals surface area contributed by atoms with E-state index in [4.69, 9.17) is 18.9 Å². The minimum atomic E-state index is -0.594. The summed E-state index contributed by atoms with van der Waals surface area (Å²) in [6.45, 7) is 4.03. The molecule has 20 rings (SSSR count). The molecule has 16 aliphatic rings. The number of phenols is 4. The Labute approximate surface area is 489 Å². The fourth-order valence-electron chi connectivity index (χ4n) is 21.6. The largest absolute Gasteiger partial charge is 0.504 e. The number of benzene rings is 4. The van der Waals surface area contributed by atoms with Gasteiger partial charge in [0.2, 0.25) is 0 Å². The van der Waals surface area contributed by atoms with Gasteiger partial charge in [0.05, 0.1) is 11.5 Å². The Balaban J connectivity index is 0.0000000882. The quantitative estimate of drug-likeness (QED) is 0.118. The molecule has 6 N–H and O–H groups in total. The number of carbonyl (C=O) groups is 2. The number of phenolic OH excluding ortho intramolecular Hbond substituents is 4. The van der Waals surface area contributed by atoms with Gasteiger partial charge in [0.1, 0.15) is 18.3 Å². The van der Waals surface area contributed by atoms with Crippen LogP contribution in [0.5, 0.6) is 46.0 Å². The van der Waals surface area contributed by atoms with Crippen LogP contribution in [0.2, 0.25) is 0 Å². The molecule has 6 fully saturated rings. The van der Waals surface area contributed by atoms with Gasteiger partial charge >= 0.3 is 0 Å². The van der Waals surface area contributed by atoms with E-state index in [1.807, 2.05) is 24.3 Å². The van der Waals surface area contributed by atoms with Crippen molar-refractivity contribution in [2.45, 2.75) is 160 Å². The molecule has 2 saturated carbocycles. The standard InChI is InChI=1S/C17H21NO3.2C17H19NO3.C17H17NO3/c4*1-18-7-6-17-10-3-5-13(20)16(17)21-15-12(19)4-2-9(14(15)17)8-11(10)18/h2,4,10-11,13,16,19-20H,3,5-8H2,1H3;2,4,10-11,16,19H,3,5-8H2,1H3;2-5,10-11,13,16,19-20H,6-8H2,1H3;2-5,10-11,16,19H,6-8H2,1H3. The van der Waals surface area contributed by atoms with E-state index in [2.05, 4.69) is 66.0 Å². The number of aliphatic hydroxyl groups excluding tert-OH is 2. The number of hydrogen-bond donors (Lipinski definition) is 6. The minimum absolute atomic E-state index is 0.0398. The Morgan fingerprint density at radius 1 is 0.452 bits per heavy atom. The second-order valence-electron chi connectivity index (χ2n) is 28.1. The minimum Gasteiger partial charge on any atom is -0.504 e. The summed E-state index contributed by atoms with van der Waals surface area (Å²) in [4.78, 5) is 34.7. The molecule has 8 aliphatic carbocycles. The lowest BCUT2D eigenvalue weighted by Gasteiger charge is -2.58. The molecule has 0 amide bonds. The highest BCUT2D eigenvalue weighted by Crippen LogP contribution is 2.67. The molecule has 4 saturated heterocycles. The van der Waals surface area contributed by atoms with Crippen LogP contribution in [0.4, 0.5) is 0 Å². The molecule has 8 aliphatic heterocycles. The summed E-state index contributed by atoms with van der Waals surface area (Å²) in [7, 11) is 8.78. The number of aliphatic hydroxyl groups is 2. The molecule has 8 heterocycles. The predicted octanol–water partition coefficient (Wildman–Crippen LogP) is 5.66. The van der Waals surface area contributed by atoms with Crippen LogP contribution in [-0.2, 0) is 56.9 Å². The molecule has 16 nitrogen and oxygen atoms in total. The first-order valence-electron chi connectivity index (χ1n) is 31.2. The van der Waals surface area contributed by atoms with Crippen LogP contribution in [0, 0.1) is 23.7 Å². The Morgan fingerprint density at radius 3 is 1.46 bits per heavy atom. The highest BCUT2D eigenvalue weighted by atomic mass is 16.5. The van der Waals surface area contributed by atoms with Crippen LogP contribution in [-0.4, -0.2) is 177 Å². The van der Waals surface area contributed by atoms with Gasteiger partial charge in [-0.15, -0.1) is 0 Å². The second kappa shape index (κ2) is 17.7. The third kappa shape index (κ3) is 6.39. The third-order valence-electron chi connectivity index (χ3n) is 25.1. The number of ketones is 2. The van der Waals surface area contributed by atoms with E-state index >= 15 is 0 Å². The highest BCUT2D eigenvalue weighted by Gasteiger charge is 2.69. The van der Waals surface area contributed by atoms with Crippen molar-refractivity contribution in [1.29, 1.82) is 0 Å². The van der Waals surface area contributed by atoms with Gasteiger partial charge in [-0.05, 0) is 189 Å². The van der Waals surface area contributed by atoms with Crippen molar-refractivity contribution < 1.29 is 59.2 Å². The number of aromatic hydroxyl groups is 4. The van der Waals surface area contributed by atoms with Crippen molar-refractivity contribution in [3.05, 3.63) is 117 Å². The number of likely N-dealkylation sites (N-methyl/N-ethyl adjacent to an activating group) is 4. The summed E-state index contributed by atoms with van der Waals surface area (Å²) in [6.07, 6.45) is 16.9. The molecule has 16 heteroatoms. The molecule has 18 atom stereocenters. The number of likely N-dealkylation sites (tertiary alicyclic amines) is 4. The molecule has 8 bridgehead atoms. The molecule has 0 aromatic heterocycles. The lowest BCUT2D eigenvalue weighted by atomic mass is 9.51. The molecule has 4 aromatic rings. The normalized spacial score (nSPS) is 41.2. The lowest BCUT2D eigenvalue weighted by Crippen LogP contribution is -2.66. The van der Waals surface area contributed by atoms with Gasteiger partial charge < -0.3 is 69.2 Å². The zero-order valence-corrected chi connectivity index (χ0v) is 48.2. The fourth-order valence-corrected chi connectivity index (χ4v) is 21.6. The van der Waals surface area contributed by atoms with Crippen LogP contribution in [0.3, 0.4) is 0 Å². The molecule has 0 radical (unpaired) electrons. The Hall–Kier alpha value is -6.14. The van der Waals surface area contributed by atoms with Crippen molar-refractivity contribution in [2.24, 2.45) is 23.7 Å². The summed E-state index contributed by atoms with van der Waals surface area (Å²) in [5.74, 6) is 5.19. The highest BCUT2D eigenvalue weighted by molar-refractivity contribution is 5.98. The van der Waals surface area contributed by atoms with E-state index in [9.17, 15) is 40.2 Å². The van der Waals surface area contributed by atoms with E-state index in [0.717, 1.165) is 108 Å². The summed E-state index contributed by atoms with van der Waals surface area (Å²) in [5.41, 5.74) is 9.10. The Morgan fingerprint density at radius 2 is 0.881 bits per heavy atom. The van der Waals surface area contributed by atoms with Gasteiger partial charge in [0.25, 0.3) is 0 Å². The summed E-state index contributed by atoms with van der Waals surface area (Å²) < 4.78 is 24.3. The molecule has 440 valence electrons. The second-order valence-corrected chi connectivity index (χ2v) is 28.1. The third-order valence-corrected chi connectivity index (χ3v) is 25.1. The SMILES string of the molecule is CN1CCC23c4c5ccc(O)c4OC2C(=O)C=CC3C1C5.CN1CCC23c4c5ccc(O)c4OC2C(=O)CCC3C1C5.CN1CCC23c4c5ccc(O)c4OC2C(O)C=CC3C1C5.CN1CCC23c4c5ccc(O)c4OC2C(O)CCC3C1C5. The van der Waals surface area contributed by atoms with Crippen LogP contribution in [0.1, 0.15) is 95.9 Å². The van der Waals surface area contributed by atoms with Crippen molar-refractivity contribution in [3.63, 3.8) is 0 Å². The Bertz CT molecular complexity index is 3570. The van der Waals surface area contributed by atoms with Crippen molar-refractivity contribution >= 4 is 11.6 Å². The molecule has 84 heavy (non-hydrogen) atoms. The maximum Gasteiger partial charge on any atom is 0.196 e. The van der Waals surface area contributed by atoms with Crippen LogP contribution < -0.4 is 18.9 Å². The average Bonchev–Trinajstić information content (AvgIpc) is 1.60. The summed E-state index contributed by atoms with van der Waals surface area (Å²) in [6, 6.07) is 17.0. The molecule has 4 aromatic carbocycles. The van der Waals surface area contributed by atoms with Gasteiger partial charge in [0.15, 0.2) is 69.8 Å². The van der Waals surface area contributed by atoms with Crippen LogP contribution in [0.15, 0.2) is 72.8 Å². The zero-order chi connectivity index (χ0) is 57.4. The molecule has 4 spiro atoms. The van der Waals surface area contributed by atoms with E-state index < -0.39 is 18.3 Å². The van der Waals surface area contributed by atoms with Gasteiger partial charge in [-0.1, -0.05) is 42.5 Å². The Kier molecular flexibility index (Phi) is 11.0. The first-order chi connectivity index (χ1) is 40.5. The van der Waals surface area contributed by atoms with Crippen LogP contribution in [0.25, 0.3) is 0 Å². The average molecular weight is 1140 g/mol. The van der Waals surface area contributed by atoms with E-state index in [-0.39, 0.29) is 74.5 Å². The molecule has 18 unspecified atom stereocenters. The van der Waals surface area contributed by atoms with Gasteiger partial charge in [0, 0.05) is 80.9 Å². The van der Waals surface area contributed by atoms with Crippen LogP contribution >= 0.6 is 0 Å². The molecular formula is C68H76N4O12. The number of hydrogen-bond acceptors (Lipinski definition) is 16. The number of piperidine rings is 4. The number of ether oxygens (including phenoxy) is 4. The predicted molar refractivity (Wildman–Crippen MR) is 308 cm³/mol. The van der Waals surface area contributed by atoms with E-state index in [0.29, 0.717) is 77.3 Å². The lowest BCUT2D eigenvalue weighted by molar-refractivity contribution is -0.138. The maximum absolute atomic E-state index is 12.5. The van der Waals surface area contributed by atoms with Crippen molar-refractivity contribution in [1.82, 2.24) is 19.6 Å². The van der Waals surface area contributed by atoms with Gasteiger partial charge in [-0.2, -0.15) is 0 Å². The summed E-state index contributed by atoms with van der Waals surface area (Å²) >= 11 is 0. The zero-order valence-electron chi connectivity index (χ0n) is 48.2. The smallest absolute Gasteiger partial charge is 0.196 e. The first-order valence-corrected chi connectivity index (χ1v) is 31.2. The van der Waals surface area contributed by atoms with E-state index in [1.165, 1.54) is 33.4 Å². The van der Waals surface area contributed by atoms with Gasteiger partial charge in [-0.3, -0.25) is 9.59 Å². The first kappa shape index (κ1) is 52.2. The van der Waals surface area contributed by atoms with Crippen molar-refractivity contribution in [3.8, 4) is 46.0 Å². The number of Topliss-reactive ketones (excluding diaryl/α,β-unsaturated/α-hetero) is 1. The fraction of sp³-hybridized carbons (Fsp3) is 0.559. The number of rotatable bonds is 0. The van der Waals surface area contributed by atoms with Crippen molar-refractivity contribution in [2.75, 3.05) is 54.4 Å². The number of nitrogens with zero attached hydrogens (tertiary/aromatic N) is 4. The monoisotopic (exact) mass is 1140 g/mol. The van der Waals surface area contributed by atoms with E-state index in [1.54, 1.807) is 30.3 Å². The molecular weight excluding hydrogens is 1060 g/mol. The summed E-state index contributed by atoms with van der Waals surface area (Å²) in [5, 5.41) is 61.8. The van der Waals surface area contributed by atoms with Gasteiger partial charge in [-0.25, -0.2) is 0 Å². The topological polar surface area (TPSA) is 205 Å². The maximum atomic E-state index is 12.5. The number of carbonyl (C=O) groups excluding carboxylic acids is 2.